The summed E-state index contributed by atoms with van der Waals surface area (Å²) in [6.45, 7) is 2.64. The van der Waals surface area contributed by atoms with E-state index in [-0.39, 0.29) is 13.2 Å². The van der Waals surface area contributed by atoms with Crippen molar-refractivity contribution < 1.29 is 22.1 Å². The van der Waals surface area contributed by atoms with Gasteiger partial charge in [-0.2, -0.15) is 8.42 Å². The fourth-order valence-electron chi connectivity index (χ4n) is 1.85. The molecule has 5 nitrogen and oxygen atoms in total. The first kappa shape index (κ1) is 17.3. The zero-order chi connectivity index (χ0) is 16.7. The molecular weight excluding hydrogens is 316 g/mol. The van der Waals surface area contributed by atoms with E-state index >= 15 is 0 Å². The predicted octanol–water partition coefficient (Wildman–Crippen LogP) is 2.93. The Labute approximate surface area is 136 Å². The van der Waals surface area contributed by atoms with E-state index in [0.29, 0.717) is 18.1 Å². The molecule has 0 aromatic heterocycles. The number of hydrogen-bond donors (Lipinski definition) is 0. The van der Waals surface area contributed by atoms with E-state index in [1.165, 1.54) is 5.56 Å². The summed E-state index contributed by atoms with van der Waals surface area (Å²) in [6, 6.07) is 15.3. The van der Waals surface area contributed by atoms with Gasteiger partial charge < -0.3 is 9.47 Å². The zero-order valence-electron chi connectivity index (χ0n) is 13.2. The maximum Gasteiger partial charge on any atom is 0.264 e. The van der Waals surface area contributed by atoms with E-state index in [9.17, 15) is 8.42 Å². The SMILES string of the molecule is Cc1ccc(COc2cccc(OCCOS(C)(=O)=O)c2)cc1. The Kier molecular flexibility index (Phi) is 6.01. The number of aryl methyl sites for hydroxylation is 1. The third-order valence-corrected chi connectivity index (χ3v) is 3.58. The minimum absolute atomic E-state index is 0.0206. The Hall–Kier alpha value is -2.05. The van der Waals surface area contributed by atoms with Gasteiger partial charge in [-0.15, -0.1) is 0 Å². The van der Waals surface area contributed by atoms with Crippen LogP contribution in [0.2, 0.25) is 0 Å². The van der Waals surface area contributed by atoms with Gasteiger partial charge in [0.05, 0.1) is 6.26 Å². The molecule has 0 bridgehead atoms. The van der Waals surface area contributed by atoms with Gasteiger partial charge in [-0.1, -0.05) is 35.9 Å². The van der Waals surface area contributed by atoms with Gasteiger partial charge in [-0.05, 0) is 24.6 Å². The second kappa shape index (κ2) is 7.99. The molecule has 23 heavy (non-hydrogen) atoms. The van der Waals surface area contributed by atoms with Crippen LogP contribution in [0.1, 0.15) is 11.1 Å². The van der Waals surface area contributed by atoms with Crippen molar-refractivity contribution >= 4 is 10.1 Å². The van der Waals surface area contributed by atoms with Crippen LogP contribution in [-0.4, -0.2) is 27.9 Å². The maximum absolute atomic E-state index is 10.8. The van der Waals surface area contributed by atoms with Crippen LogP contribution in [0, 0.1) is 6.92 Å². The van der Waals surface area contributed by atoms with Crippen LogP contribution in [0.5, 0.6) is 11.5 Å². The van der Waals surface area contributed by atoms with Crippen molar-refractivity contribution in [2.45, 2.75) is 13.5 Å². The van der Waals surface area contributed by atoms with Gasteiger partial charge in [-0.25, -0.2) is 0 Å². The first-order valence-electron chi connectivity index (χ1n) is 7.18. The molecule has 0 aliphatic rings. The topological polar surface area (TPSA) is 61.8 Å². The van der Waals surface area contributed by atoms with Crippen LogP contribution in [0.15, 0.2) is 48.5 Å². The molecule has 0 aliphatic heterocycles. The normalized spacial score (nSPS) is 11.2. The predicted molar refractivity (Wildman–Crippen MR) is 88.2 cm³/mol. The highest BCUT2D eigenvalue weighted by molar-refractivity contribution is 7.85. The van der Waals surface area contributed by atoms with Gasteiger partial charge in [-0.3, -0.25) is 4.18 Å². The van der Waals surface area contributed by atoms with Crippen molar-refractivity contribution in [1.82, 2.24) is 0 Å². The molecule has 0 unspecified atom stereocenters. The molecule has 2 aromatic carbocycles. The van der Waals surface area contributed by atoms with E-state index in [1.807, 2.05) is 43.3 Å². The van der Waals surface area contributed by atoms with Crippen molar-refractivity contribution in [3.8, 4) is 11.5 Å². The minimum Gasteiger partial charge on any atom is -0.491 e. The number of rotatable bonds is 8. The molecule has 0 amide bonds. The monoisotopic (exact) mass is 336 g/mol. The van der Waals surface area contributed by atoms with Crippen LogP contribution in [-0.2, 0) is 20.9 Å². The number of benzene rings is 2. The molecule has 0 fully saturated rings. The van der Waals surface area contributed by atoms with Gasteiger partial charge in [0.2, 0.25) is 0 Å². The van der Waals surface area contributed by atoms with E-state index in [4.69, 9.17) is 9.47 Å². The molecule has 0 N–H and O–H groups in total. The van der Waals surface area contributed by atoms with E-state index in [0.717, 1.165) is 11.8 Å². The number of hydrogen-bond acceptors (Lipinski definition) is 5. The van der Waals surface area contributed by atoms with Gasteiger partial charge in [0.1, 0.15) is 31.3 Å². The Balaban J connectivity index is 1.83. The zero-order valence-corrected chi connectivity index (χ0v) is 14.0. The molecule has 0 saturated heterocycles. The molecule has 0 aliphatic carbocycles. The summed E-state index contributed by atoms with van der Waals surface area (Å²) in [5.41, 5.74) is 2.30. The molecular formula is C17H20O5S. The van der Waals surface area contributed by atoms with E-state index in [1.54, 1.807) is 12.1 Å². The molecule has 0 radical (unpaired) electrons. The molecule has 0 saturated carbocycles. The second-order valence-electron chi connectivity index (χ2n) is 5.12. The Bertz CT molecular complexity index is 723. The van der Waals surface area contributed by atoms with Crippen molar-refractivity contribution in [3.63, 3.8) is 0 Å². The summed E-state index contributed by atoms with van der Waals surface area (Å²) >= 11 is 0. The summed E-state index contributed by atoms with van der Waals surface area (Å²) in [5.74, 6) is 1.29. The summed E-state index contributed by atoms with van der Waals surface area (Å²) in [5, 5.41) is 0. The highest BCUT2D eigenvalue weighted by atomic mass is 32.2. The summed E-state index contributed by atoms with van der Waals surface area (Å²) in [7, 11) is -3.43. The van der Waals surface area contributed by atoms with Crippen molar-refractivity contribution in [2.24, 2.45) is 0 Å². The lowest BCUT2D eigenvalue weighted by molar-refractivity contribution is 0.221. The van der Waals surface area contributed by atoms with Crippen LogP contribution in [0.25, 0.3) is 0 Å². The Morgan fingerprint density at radius 2 is 1.57 bits per heavy atom. The fourth-order valence-corrected chi connectivity index (χ4v) is 2.22. The van der Waals surface area contributed by atoms with Crippen LogP contribution >= 0.6 is 0 Å². The highest BCUT2D eigenvalue weighted by Gasteiger charge is 2.03. The van der Waals surface area contributed by atoms with Gasteiger partial charge in [0.15, 0.2) is 0 Å². The molecule has 0 atom stereocenters. The standard InChI is InChI=1S/C17H20O5S/c1-14-6-8-15(9-7-14)13-21-17-5-3-4-16(12-17)20-10-11-22-23(2,18)19/h3-9,12H,10-11,13H2,1-2H3. The van der Waals surface area contributed by atoms with Crippen molar-refractivity contribution in [1.29, 1.82) is 0 Å². The molecule has 124 valence electrons. The molecule has 2 aromatic rings. The van der Waals surface area contributed by atoms with Crippen LogP contribution < -0.4 is 9.47 Å². The highest BCUT2D eigenvalue weighted by Crippen LogP contribution is 2.20. The Morgan fingerprint density at radius 1 is 0.913 bits per heavy atom. The summed E-state index contributed by atoms with van der Waals surface area (Å²) in [4.78, 5) is 0. The Morgan fingerprint density at radius 3 is 2.22 bits per heavy atom. The molecule has 0 spiro atoms. The third-order valence-electron chi connectivity index (χ3n) is 2.98. The third kappa shape index (κ3) is 6.71. The van der Waals surface area contributed by atoms with Crippen LogP contribution in [0.3, 0.4) is 0 Å². The smallest absolute Gasteiger partial charge is 0.264 e. The summed E-state index contributed by atoms with van der Waals surface area (Å²) < 4.78 is 37.5. The minimum atomic E-state index is -3.43. The maximum atomic E-state index is 10.8. The quantitative estimate of drug-likeness (QED) is 0.548. The lowest BCUT2D eigenvalue weighted by Crippen LogP contribution is -2.11. The molecule has 0 heterocycles. The van der Waals surface area contributed by atoms with Gasteiger partial charge >= 0.3 is 0 Å². The van der Waals surface area contributed by atoms with E-state index in [2.05, 4.69) is 4.18 Å². The summed E-state index contributed by atoms with van der Waals surface area (Å²) in [6.07, 6.45) is 1.01. The fraction of sp³-hybridized carbons (Fsp3) is 0.294. The van der Waals surface area contributed by atoms with Crippen molar-refractivity contribution in [3.05, 3.63) is 59.7 Å². The van der Waals surface area contributed by atoms with Crippen LogP contribution in [0.4, 0.5) is 0 Å². The lowest BCUT2D eigenvalue weighted by atomic mass is 10.2. The molecule has 2 rings (SSSR count). The first-order valence-corrected chi connectivity index (χ1v) is 9.00. The average molecular weight is 336 g/mol. The first-order chi connectivity index (χ1) is 10.9. The van der Waals surface area contributed by atoms with E-state index < -0.39 is 10.1 Å². The van der Waals surface area contributed by atoms with Gasteiger partial charge in [0, 0.05) is 6.07 Å². The average Bonchev–Trinajstić information content (AvgIpc) is 2.51. The largest absolute Gasteiger partial charge is 0.491 e. The lowest BCUT2D eigenvalue weighted by Gasteiger charge is -2.10. The second-order valence-corrected chi connectivity index (χ2v) is 6.77. The van der Waals surface area contributed by atoms with Gasteiger partial charge in [0.25, 0.3) is 10.1 Å². The number of ether oxygens (including phenoxy) is 2. The van der Waals surface area contributed by atoms with Crippen molar-refractivity contribution in [2.75, 3.05) is 19.5 Å². The molecule has 6 heteroatoms.